The molecule has 5 heteroatoms. The van der Waals surface area contributed by atoms with E-state index in [1.807, 2.05) is 6.07 Å². The van der Waals surface area contributed by atoms with E-state index in [0.717, 1.165) is 5.56 Å². The maximum Gasteiger partial charge on any atom is 0.341 e. The fourth-order valence-electron chi connectivity index (χ4n) is 1.09. The van der Waals surface area contributed by atoms with Crippen LogP contribution >= 0.6 is 11.6 Å². The van der Waals surface area contributed by atoms with Crippen LogP contribution in [0.25, 0.3) is 0 Å². The third-order valence-electron chi connectivity index (χ3n) is 1.76. The molecule has 0 unspecified atom stereocenters. The molecule has 0 bridgehead atoms. The lowest BCUT2D eigenvalue weighted by Gasteiger charge is -2.08. The maximum absolute atomic E-state index is 10.9. The van der Waals surface area contributed by atoms with Crippen molar-refractivity contribution < 1.29 is 9.63 Å². The fourth-order valence-corrected chi connectivity index (χ4v) is 1.30. The van der Waals surface area contributed by atoms with Gasteiger partial charge in [-0.15, -0.1) is 0 Å². The summed E-state index contributed by atoms with van der Waals surface area (Å²) in [4.78, 5) is 14.9. The van der Waals surface area contributed by atoms with Crippen molar-refractivity contribution in [3.05, 3.63) is 34.9 Å². The highest BCUT2D eigenvalue weighted by atomic mass is 35.5. The molecule has 14 heavy (non-hydrogen) atoms. The summed E-state index contributed by atoms with van der Waals surface area (Å²) in [5, 5.41) is 0.607. The van der Waals surface area contributed by atoms with Crippen molar-refractivity contribution in [3.63, 3.8) is 0 Å². The van der Waals surface area contributed by atoms with E-state index in [9.17, 15) is 4.79 Å². The number of benzene rings is 1. The van der Waals surface area contributed by atoms with E-state index in [1.165, 1.54) is 0 Å². The highest BCUT2D eigenvalue weighted by molar-refractivity contribution is 6.30. The summed E-state index contributed by atoms with van der Waals surface area (Å²) in [5.74, 6) is 4.07. The summed E-state index contributed by atoms with van der Waals surface area (Å²) < 4.78 is 0. The second-order valence-corrected chi connectivity index (χ2v) is 3.31. The van der Waals surface area contributed by atoms with Crippen LogP contribution in [0, 0.1) is 0 Å². The quantitative estimate of drug-likeness (QED) is 0.724. The van der Waals surface area contributed by atoms with Gasteiger partial charge in [-0.25, -0.2) is 4.79 Å². The zero-order valence-electron chi connectivity index (χ0n) is 7.44. The van der Waals surface area contributed by atoms with Gasteiger partial charge in [0.2, 0.25) is 0 Å². The Balaban J connectivity index is 2.64. The number of hydrogen-bond acceptors (Lipinski definition) is 4. The van der Waals surface area contributed by atoms with Crippen LogP contribution in [0.15, 0.2) is 24.3 Å². The predicted molar refractivity (Wildman–Crippen MR) is 53.4 cm³/mol. The van der Waals surface area contributed by atoms with Crippen molar-refractivity contribution in [1.82, 2.24) is 0 Å². The molecule has 0 aliphatic heterocycles. The van der Waals surface area contributed by atoms with Gasteiger partial charge in [0.25, 0.3) is 0 Å². The van der Waals surface area contributed by atoms with Gasteiger partial charge in [-0.05, 0) is 24.1 Å². The van der Waals surface area contributed by atoms with Crippen molar-refractivity contribution in [1.29, 1.82) is 0 Å². The third kappa shape index (κ3) is 2.99. The van der Waals surface area contributed by atoms with Crippen LogP contribution in [-0.4, -0.2) is 12.0 Å². The molecule has 1 aromatic carbocycles. The van der Waals surface area contributed by atoms with E-state index < -0.39 is 12.0 Å². The smallest absolute Gasteiger partial charge is 0.341 e. The van der Waals surface area contributed by atoms with E-state index in [4.69, 9.17) is 23.2 Å². The summed E-state index contributed by atoms with van der Waals surface area (Å²) in [6.45, 7) is 0. The summed E-state index contributed by atoms with van der Waals surface area (Å²) in [6.07, 6.45) is 0.358. The van der Waals surface area contributed by atoms with Gasteiger partial charge in [0.15, 0.2) is 0 Å². The average molecular weight is 215 g/mol. The van der Waals surface area contributed by atoms with Crippen molar-refractivity contribution in [3.8, 4) is 0 Å². The zero-order valence-corrected chi connectivity index (χ0v) is 8.20. The molecule has 1 atom stereocenters. The highest BCUT2D eigenvalue weighted by Gasteiger charge is 2.14. The first-order chi connectivity index (χ1) is 6.63. The van der Waals surface area contributed by atoms with Crippen LogP contribution < -0.4 is 11.6 Å². The maximum atomic E-state index is 10.9. The SMILES string of the molecule is NOC(=O)[C@@H](N)Cc1cccc(Cl)c1. The summed E-state index contributed by atoms with van der Waals surface area (Å²) in [7, 11) is 0. The lowest BCUT2D eigenvalue weighted by molar-refractivity contribution is -0.145. The molecule has 0 spiro atoms. The topological polar surface area (TPSA) is 78.3 Å². The molecule has 0 heterocycles. The normalized spacial score (nSPS) is 12.2. The van der Waals surface area contributed by atoms with Crippen LogP contribution in [0.3, 0.4) is 0 Å². The first-order valence-electron chi connectivity index (χ1n) is 4.04. The van der Waals surface area contributed by atoms with Crippen LogP contribution in [0.1, 0.15) is 5.56 Å². The molecular weight excluding hydrogens is 204 g/mol. The van der Waals surface area contributed by atoms with Gasteiger partial charge in [0.1, 0.15) is 6.04 Å². The lowest BCUT2D eigenvalue weighted by Crippen LogP contribution is -2.35. The molecule has 0 radical (unpaired) electrons. The Bertz CT molecular complexity index is 330. The van der Waals surface area contributed by atoms with Gasteiger partial charge in [-0.2, -0.15) is 5.90 Å². The van der Waals surface area contributed by atoms with Gasteiger partial charge in [-0.3, -0.25) is 0 Å². The number of hydrogen-bond donors (Lipinski definition) is 2. The molecule has 0 amide bonds. The van der Waals surface area contributed by atoms with Crippen LogP contribution in [0.2, 0.25) is 5.02 Å². The standard InChI is InChI=1S/C9H11ClN2O2/c10-7-3-1-2-6(4-7)5-8(11)9(13)14-12/h1-4,8H,5,11-12H2/t8-/m0/s1. The molecule has 4 nitrogen and oxygen atoms in total. The molecule has 1 aromatic rings. The molecule has 0 saturated carbocycles. The Labute approximate surface area is 86.7 Å². The zero-order chi connectivity index (χ0) is 10.6. The second-order valence-electron chi connectivity index (χ2n) is 2.88. The minimum atomic E-state index is -0.751. The second kappa shape index (κ2) is 4.95. The Morgan fingerprint density at radius 3 is 2.86 bits per heavy atom. The largest absolute Gasteiger partial charge is 0.372 e. The molecule has 76 valence electrons. The van der Waals surface area contributed by atoms with E-state index in [-0.39, 0.29) is 0 Å². The van der Waals surface area contributed by atoms with Crippen LogP contribution in [0.4, 0.5) is 0 Å². The van der Waals surface area contributed by atoms with Crippen molar-refractivity contribution in [2.24, 2.45) is 11.6 Å². The van der Waals surface area contributed by atoms with Crippen molar-refractivity contribution >= 4 is 17.6 Å². The van der Waals surface area contributed by atoms with E-state index in [1.54, 1.807) is 18.2 Å². The van der Waals surface area contributed by atoms with Gasteiger partial charge in [0, 0.05) is 5.02 Å². The summed E-state index contributed by atoms with van der Waals surface area (Å²) >= 11 is 5.76. The molecule has 0 saturated heterocycles. The Morgan fingerprint density at radius 1 is 1.57 bits per heavy atom. The predicted octanol–water partition coefficient (Wildman–Crippen LogP) is 0.627. The third-order valence-corrected chi connectivity index (χ3v) is 2.00. The molecule has 0 aliphatic carbocycles. The number of rotatable bonds is 3. The summed E-state index contributed by atoms with van der Waals surface area (Å²) in [5.41, 5.74) is 6.38. The minimum Gasteiger partial charge on any atom is -0.372 e. The van der Waals surface area contributed by atoms with Gasteiger partial charge >= 0.3 is 5.97 Å². The average Bonchev–Trinajstić information content (AvgIpc) is 2.16. The number of halogens is 1. The minimum absolute atomic E-state index is 0.358. The van der Waals surface area contributed by atoms with Gasteiger partial charge in [-0.1, -0.05) is 23.7 Å². The van der Waals surface area contributed by atoms with E-state index in [2.05, 4.69) is 4.84 Å². The fraction of sp³-hybridized carbons (Fsp3) is 0.222. The Hall–Kier alpha value is -1.10. The first kappa shape index (κ1) is 11.0. The van der Waals surface area contributed by atoms with Crippen LogP contribution in [0.5, 0.6) is 0 Å². The molecule has 0 aliphatic rings. The molecular formula is C9H11ClN2O2. The molecule has 0 aromatic heterocycles. The van der Waals surface area contributed by atoms with Crippen molar-refractivity contribution in [2.45, 2.75) is 12.5 Å². The number of carbonyl (C=O) groups excluding carboxylic acids is 1. The highest BCUT2D eigenvalue weighted by Crippen LogP contribution is 2.11. The number of carbonyl (C=O) groups is 1. The van der Waals surface area contributed by atoms with Gasteiger partial charge < -0.3 is 10.6 Å². The number of nitrogens with two attached hydrogens (primary N) is 2. The van der Waals surface area contributed by atoms with E-state index in [0.29, 0.717) is 11.4 Å². The van der Waals surface area contributed by atoms with E-state index >= 15 is 0 Å². The molecule has 4 N–H and O–H groups in total. The van der Waals surface area contributed by atoms with Crippen LogP contribution in [-0.2, 0) is 16.1 Å². The monoisotopic (exact) mass is 214 g/mol. The van der Waals surface area contributed by atoms with Gasteiger partial charge in [0.05, 0.1) is 0 Å². The Morgan fingerprint density at radius 2 is 2.29 bits per heavy atom. The summed E-state index contributed by atoms with van der Waals surface area (Å²) in [6, 6.07) is 6.36. The molecule has 1 rings (SSSR count). The molecule has 0 fully saturated rings. The lowest BCUT2D eigenvalue weighted by atomic mass is 10.1. The van der Waals surface area contributed by atoms with Crippen molar-refractivity contribution in [2.75, 3.05) is 0 Å². The first-order valence-corrected chi connectivity index (χ1v) is 4.42. The Kier molecular flexibility index (Phi) is 3.88.